The van der Waals surface area contributed by atoms with E-state index in [0.717, 1.165) is 0 Å². The van der Waals surface area contributed by atoms with E-state index in [2.05, 4.69) is 0 Å². The number of hydrogen-bond donors (Lipinski definition) is 0. The van der Waals surface area contributed by atoms with Crippen molar-refractivity contribution in [2.24, 2.45) is 0 Å². The molecule has 0 heterocycles. The van der Waals surface area contributed by atoms with E-state index < -0.39 is 11.2 Å². The van der Waals surface area contributed by atoms with E-state index in [1.165, 1.54) is 12.1 Å². The van der Waals surface area contributed by atoms with Gasteiger partial charge in [-0.15, -0.1) is 0 Å². The van der Waals surface area contributed by atoms with Crippen LogP contribution in [0, 0.1) is 10.1 Å². The van der Waals surface area contributed by atoms with E-state index in [4.69, 9.17) is 9.47 Å². The number of ether oxygens (including phenoxy) is 2. The molecule has 0 aliphatic rings. The minimum absolute atomic E-state index is 0.0434. The summed E-state index contributed by atoms with van der Waals surface area (Å²) in [5.41, 5.74) is 0.708. The maximum Gasteiger partial charge on any atom is 0.269 e. The number of benzene rings is 1. The van der Waals surface area contributed by atoms with Crippen LogP contribution in [0.4, 0.5) is 5.69 Å². The van der Waals surface area contributed by atoms with Gasteiger partial charge >= 0.3 is 0 Å². The lowest BCUT2D eigenvalue weighted by Gasteiger charge is -2.16. The highest BCUT2D eigenvalue weighted by molar-refractivity contribution is 5.34. The minimum atomic E-state index is -0.533. The van der Waals surface area contributed by atoms with Gasteiger partial charge in [-0.2, -0.15) is 0 Å². The van der Waals surface area contributed by atoms with Crippen molar-refractivity contribution in [3.8, 4) is 0 Å². The number of nitrogens with zero attached hydrogens (tertiary/aromatic N) is 1. The number of nitro groups is 1. The predicted molar refractivity (Wildman–Crippen MR) is 59.1 cm³/mol. The molecule has 0 aromatic heterocycles. The topological polar surface area (TPSA) is 61.6 Å². The summed E-state index contributed by atoms with van der Waals surface area (Å²) in [6, 6.07) is 6.29. The summed E-state index contributed by atoms with van der Waals surface area (Å²) in [5, 5.41) is 10.6. The summed E-state index contributed by atoms with van der Waals surface area (Å²) in [4.78, 5) is 10.2. The van der Waals surface area contributed by atoms with E-state index in [-0.39, 0.29) is 5.69 Å². The van der Waals surface area contributed by atoms with Crippen LogP contribution in [-0.4, -0.2) is 18.1 Å². The van der Waals surface area contributed by atoms with Crippen molar-refractivity contribution in [1.82, 2.24) is 0 Å². The molecule has 5 heteroatoms. The average molecular weight is 225 g/mol. The van der Waals surface area contributed by atoms with Gasteiger partial charge in [0.1, 0.15) is 0 Å². The second-order valence-corrected chi connectivity index (χ2v) is 3.09. The molecule has 0 unspecified atom stereocenters. The summed E-state index contributed by atoms with van der Waals surface area (Å²) in [7, 11) is 0. The van der Waals surface area contributed by atoms with E-state index >= 15 is 0 Å². The molecule has 0 N–H and O–H groups in total. The fourth-order valence-corrected chi connectivity index (χ4v) is 1.33. The SMILES string of the molecule is CCOC(OCC)c1cccc([N+](=O)[O-])c1. The molecule has 0 saturated heterocycles. The van der Waals surface area contributed by atoms with Crippen LogP contribution in [0.3, 0.4) is 0 Å². The lowest BCUT2D eigenvalue weighted by atomic mass is 10.2. The van der Waals surface area contributed by atoms with E-state index in [1.54, 1.807) is 12.1 Å². The average Bonchev–Trinajstić information content (AvgIpc) is 2.29. The molecule has 0 spiro atoms. The highest BCUT2D eigenvalue weighted by atomic mass is 16.7. The van der Waals surface area contributed by atoms with Gasteiger partial charge in [-0.05, 0) is 13.8 Å². The van der Waals surface area contributed by atoms with Gasteiger partial charge < -0.3 is 9.47 Å². The van der Waals surface area contributed by atoms with Crippen molar-refractivity contribution < 1.29 is 14.4 Å². The summed E-state index contributed by atoms with van der Waals surface area (Å²) in [5.74, 6) is 0. The number of non-ortho nitro benzene ring substituents is 1. The van der Waals surface area contributed by atoms with Gasteiger partial charge in [-0.25, -0.2) is 0 Å². The Kier molecular flexibility index (Phi) is 4.88. The molecule has 16 heavy (non-hydrogen) atoms. The van der Waals surface area contributed by atoms with Crippen LogP contribution in [0.15, 0.2) is 24.3 Å². The first-order chi connectivity index (χ1) is 7.69. The number of nitro benzene ring substituents is 1. The van der Waals surface area contributed by atoms with Crippen molar-refractivity contribution in [3.63, 3.8) is 0 Å². The van der Waals surface area contributed by atoms with Crippen molar-refractivity contribution in [1.29, 1.82) is 0 Å². The summed E-state index contributed by atoms with van der Waals surface area (Å²) in [6.45, 7) is 4.69. The number of rotatable bonds is 6. The first kappa shape index (κ1) is 12.6. The van der Waals surface area contributed by atoms with Gasteiger partial charge in [-0.3, -0.25) is 10.1 Å². The molecule has 0 aliphatic carbocycles. The van der Waals surface area contributed by atoms with Gasteiger partial charge in [0.15, 0.2) is 6.29 Å². The Morgan fingerprint density at radius 2 is 1.94 bits per heavy atom. The Morgan fingerprint density at radius 1 is 1.31 bits per heavy atom. The zero-order valence-electron chi connectivity index (χ0n) is 9.38. The Labute approximate surface area is 94.1 Å². The smallest absolute Gasteiger partial charge is 0.269 e. The first-order valence-corrected chi connectivity index (χ1v) is 5.16. The molecular weight excluding hydrogens is 210 g/mol. The summed E-state index contributed by atoms with van der Waals surface area (Å²) in [6.07, 6.45) is -0.533. The van der Waals surface area contributed by atoms with E-state index in [0.29, 0.717) is 18.8 Å². The maximum absolute atomic E-state index is 10.6. The molecule has 1 aromatic rings. The molecule has 0 amide bonds. The van der Waals surface area contributed by atoms with Crippen molar-refractivity contribution in [2.45, 2.75) is 20.1 Å². The molecule has 0 radical (unpaired) electrons. The monoisotopic (exact) mass is 225 g/mol. The fraction of sp³-hybridized carbons (Fsp3) is 0.455. The Morgan fingerprint density at radius 3 is 2.44 bits per heavy atom. The minimum Gasteiger partial charge on any atom is -0.349 e. The van der Waals surface area contributed by atoms with Crippen LogP contribution < -0.4 is 0 Å². The lowest BCUT2D eigenvalue weighted by Crippen LogP contribution is -2.09. The van der Waals surface area contributed by atoms with Gasteiger partial charge in [-0.1, -0.05) is 12.1 Å². The molecule has 0 bridgehead atoms. The number of hydrogen-bond acceptors (Lipinski definition) is 4. The molecular formula is C11H15NO4. The molecule has 88 valence electrons. The highest BCUT2D eigenvalue weighted by Crippen LogP contribution is 2.22. The molecule has 1 rings (SSSR count). The fourth-order valence-electron chi connectivity index (χ4n) is 1.33. The molecule has 0 saturated carbocycles. The quantitative estimate of drug-likeness (QED) is 0.424. The van der Waals surface area contributed by atoms with Crippen LogP contribution in [0.5, 0.6) is 0 Å². The van der Waals surface area contributed by atoms with Crippen molar-refractivity contribution >= 4 is 5.69 Å². The second-order valence-electron chi connectivity index (χ2n) is 3.09. The van der Waals surface area contributed by atoms with E-state index in [9.17, 15) is 10.1 Å². The highest BCUT2D eigenvalue weighted by Gasteiger charge is 2.14. The zero-order chi connectivity index (χ0) is 12.0. The third kappa shape index (κ3) is 3.29. The second kappa shape index (κ2) is 6.19. The van der Waals surface area contributed by atoms with Crippen LogP contribution >= 0.6 is 0 Å². The molecule has 5 nitrogen and oxygen atoms in total. The van der Waals surface area contributed by atoms with E-state index in [1.807, 2.05) is 13.8 Å². The van der Waals surface area contributed by atoms with Gasteiger partial charge in [0.05, 0.1) is 4.92 Å². The largest absolute Gasteiger partial charge is 0.349 e. The van der Waals surface area contributed by atoms with Gasteiger partial charge in [0.25, 0.3) is 5.69 Å². The molecule has 0 aliphatic heterocycles. The normalized spacial score (nSPS) is 10.7. The van der Waals surface area contributed by atoms with Gasteiger partial charge in [0, 0.05) is 30.9 Å². The Hall–Kier alpha value is -1.46. The van der Waals surface area contributed by atoms with Gasteiger partial charge in [0.2, 0.25) is 0 Å². The zero-order valence-corrected chi connectivity index (χ0v) is 9.38. The Balaban J connectivity index is 2.90. The third-order valence-corrected chi connectivity index (χ3v) is 1.99. The predicted octanol–water partition coefficient (Wildman–Crippen LogP) is 2.67. The maximum atomic E-state index is 10.6. The lowest BCUT2D eigenvalue weighted by molar-refractivity contribution is -0.385. The summed E-state index contributed by atoms with van der Waals surface area (Å²) >= 11 is 0. The summed E-state index contributed by atoms with van der Waals surface area (Å²) < 4.78 is 10.7. The molecule has 0 atom stereocenters. The van der Waals surface area contributed by atoms with Crippen LogP contribution in [0.25, 0.3) is 0 Å². The molecule has 0 fully saturated rings. The van der Waals surface area contributed by atoms with Crippen LogP contribution in [-0.2, 0) is 9.47 Å². The van der Waals surface area contributed by atoms with Crippen molar-refractivity contribution in [3.05, 3.63) is 39.9 Å². The third-order valence-electron chi connectivity index (χ3n) is 1.99. The molecule has 1 aromatic carbocycles. The van der Waals surface area contributed by atoms with Crippen LogP contribution in [0.2, 0.25) is 0 Å². The standard InChI is InChI=1S/C11H15NO4/c1-3-15-11(16-4-2)9-6-5-7-10(8-9)12(13)14/h5-8,11H,3-4H2,1-2H3. The van der Waals surface area contributed by atoms with Crippen LogP contribution in [0.1, 0.15) is 25.7 Å². The Bertz CT molecular complexity index is 348. The first-order valence-electron chi connectivity index (χ1n) is 5.16. The van der Waals surface area contributed by atoms with Crippen molar-refractivity contribution in [2.75, 3.05) is 13.2 Å².